The van der Waals surface area contributed by atoms with Crippen LogP contribution in [0.1, 0.15) is 34.6 Å². The maximum Gasteiger partial charge on any atom is 0.176 e. The van der Waals surface area contributed by atoms with Crippen LogP contribution in [0.3, 0.4) is 0 Å². The van der Waals surface area contributed by atoms with Crippen LogP contribution in [-0.2, 0) is 23.7 Å². The average molecular weight is 315 g/mol. The fourth-order valence-electron chi connectivity index (χ4n) is 2.71. The van der Waals surface area contributed by atoms with Crippen molar-refractivity contribution in [3.8, 4) is 0 Å². The highest BCUT2D eigenvalue weighted by molar-refractivity contribution is 4.97. The smallest absolute Gasteiger partial charge is 0.176 e. The SMILES string of the molecule is C=CCO[C@H]1O[C@@H]2COC(C)(C)O[C@H]2[C@H](OC(C)(C)C)[C@@H]1N. The van der Waals surface area contributed by atoms with E-state index in [1.807, 2.05) is 34.6 Å². The monoisotopic (exact) mass is 315 g/mol. The summed E-state index contributed by atoms with van der Waals surface area (Å²) in [5, 5.41) is 0. The molecule has 0 amide bonds. The van der Waals surface area contributed by atoms with Crippen LogP contribution in [0.4, 0.5) is 0 Å². The van der Waals surface area contributed by atoms with Crippen molar-refractivity contribution in [1.29, 1.82) is 0 Å². The summed E-state index contributed by atoms with van der Waals surface area (Å²) in [5.41, 5.74) is 5.99. The quantitative estimate of drug-likeness (QED) is 0.794. The van der Waals surface area contributed by atoms with Gasteiger partial charge in [-0.3, -0.25) is 0 Å². The predicted octanol–water partition coefficient (Wildman–Crippen LogP) is 1.58. The predicted molar refractivity (Wildman–Crippen MR) is 82.3 cm³/mol. The fourth-order valence-corrected chi connectivity index (χ4v) is 2.71. The van der Waals surface area contributed by atoms with Gasteiger partial charge in [-0.15, -0.1) is 6.58 Å². The molecule has 6 nitrogen and oxygen atoms in total. The van der Waals surface area contributed by atoms with Gasteiger partial charge in [0.05, 0.1) is 24.9 Å². The number of nitrogens with two attached hydrogens (primary N) is 1. The van der Waals surface area contributed by atoms with Crippen molar-refractivity contribution in [3.05, 3.63) is 12.7 Å². The highest BCUT2D eigenvalue weighted by Crippen LogP contribution is 2.35. The first kappa shape index (κ1) is 17.8. The van der Waals surface area contributed by atoms with Crippen LogP contribution in [0.2, 0.25) is 0 Å². The first-order chi connectivity index (χ1) is 10.1. The molecule has 0 bridgehead atoms. The fraction of sp³-hybridized carbons (Fsp3) is 0.875. The summed E-state index contributed by atoms with van der Waals surface area (Å²) >= 11 is 0. The zero-order valence-electron chi connectivity index (χ0n) is 14.2. The molecule has 2 fully saturated rings. The Morgan fingerprint density at radius 3 is 2.64 bits per heavy atom. The topological polar surface area (TPSA) is 72.2 Å². The van der Waals surface area contributed by atoms with E-state index in [-0.39, 0.29) is 23.9 Å². The summed E-state index contributed by atoms with van der Waals surface area (Å²) in [6.45, 7) is 14.2. The average Bonchev–Trinajstić information content (AvgIpc) is 2.39. The van der Waals surface area contributed by atoms with Gasteiger partial charge in [0, 0.05) is 0 Å². The van der Waals surface area contributed by atoms with Crippen molar-refractivity contribution >= 4 is 0 Å². The van der Waals surface area contributed by atoms with Crippen molar-refractivity contribution in [2.75, 3.05) is 13.2 Å². The molecule has 0 aromatic heterocycles. The Hall–Kier alpha value is -0.500. The van der Waals surface area contributed by atoms with Gasteiger partial charge < -0.3 is 29.4 Å². The Bertz CT molecular complexity index is 392. The summed E-state index contributed by atoms with van der Waals surface area (Å²) in [4.78, 5) is 0. The zero-order valence-corrected chi connectivity index (χ0v) is 14.2. The lowest BCUT2D eigenvalue weighted by molar-refractivity contribution is -0.375. The third-order valence-electron chi connectivity index (χ3n) is 3.58. The lowest BCUT2D eigenvalue weighted by Crippen LogP contribution is -2.68. The van der Waals surface area contributed by atoms with Gasteiger partial charge in [0.1, 0.15) is 18.3 Å². The molecule has 2 rings (SSSR count). The molecule has 6 heteroatoms. The molecule has 2 heterocycles. The van der Waals surface area contributed by atoms with Gasteiger partial charge in [0.2, 0.25) is 0 Å². The molecule has 5 atom stereocenters. The molecule has 2 saturated heterocycles. The first-order valence-electron chi connectivity index (χ1n) is 7.76. The van der Waals surface area contributed by atoms with Crippen LogP contribution in [0, 0.1) is 0 Å². The van der Waals surface area contributed by atoms with E-state index in [0.29, 0.717) is 13.2 Å². The van der Waals surface area contributed by atoms with E-state index in [0.717, 1.165) is 0 Å². The number of hydrogen-bond acceptors (Lipinski definition) is 6. The Labute approximate surface area is 132 Å². The van der Waals surface area contributed by atoms with Gasteiger partial charge in [-0.1, -0.05) is 6.08 Å². The maximum absolute atomic E-state index is 6.34. The first-order valence-corrected chi connectivity index (χ1v) is 7.76. The van der Waals surface area contributed by atoms with Crippen LogP contribution in [0.5, 0.6) is 0 Å². The third-order valence-corrected chi connectivity index (χ3v) is 3.58. The molecule has 0 aliphatic carbocycles. The Balaban J connectivity index is 2.19. The molecule has 0 aromatic rings. The summed E-state index contributed by atoms with van der Waals surface area (Å²) in [6, 6.07) is -0.450. The highest BCUT2D eigenvalue weighted by Gasteiger charge is 2.52. The van der Waals surface area contributed by atoms with Crippen molar-refractivity contribution < 1.29 is 23.7 Å². The Kier molecular flexibility index (Phi) is 5.31. The molecular formula is C16H29NO5. The van der Waals surface area contributed by atoms with E-state index in [1.54, 1.807) is 6.08 Å². The van der Waals surface area contributed by atoms with Crippen molar-refractivity contribution in [2.45, 2.75) is 76.7 Å². The standard InChI is InChI=1S/C16H29NO5/c1-7-8-18-14-11(17)13(21-15(2,3)4)12-10(20-14)9-19-16(5,6)22-12/h7,10-14H,1,8-9,17H2,2-6H3/t10-,11+,12-,13-,14+/m1/s1. The van der Waals surface area contributed by atoms with Crippen molar-refractivity contribution in [2.24, 2.45) is 5.73 Å². The lowest BCUT2D eigenvalue weighted by atomic mass is 9.95. The molecule has 0 unspecified atom stereocenters. The zero-order chi connectivity index (χ0) is 16.5. The minimum atomic E-state index is -0.682. The van der Waals surface area contributed by atoms with E-state index in [1.165, 1.54) is 0 Å². The lowest BCUT2D eigenvalue weighted by Gasteiger charge is -2.51. The van der Waals surface area contributed by atoms with E-state index < -0.39 is 18.1 Å². The highest BCUT2D eigenvalue weighted by atomic mass is 16.8. The summed E-state index contributed by atoms with van der Waals surface area (Å²) < 4.78 is 29.4. The molecular weight excluding hydrogens is 286 g/mol. The van der Waals surface area contributed by atoms with E-state index in [4.69, 9.17) is 29.4 Å². The molecule has 0 radical (unpaired) electrons. The van der Waals surface area contributed by atoms with Crippen molar-refractivity contribution in [1.82, 2.24) is 0 Å². The van der Waals surface area contributed by atoms with Gasteiger partial charge in [0.15, 0.2) is 12.1 Å². The minimum absolute atomic E-state index is 0.269. The van der Waals surface area contributed by atoms with Gasteiger partial charge >= 0.3 is 0 Å². The van der Waals surface area contributed by atoms with Crippen LogP contribution >= 0.6 is 0 Å². The number of ether oxygens (including phenoxy) is 5. The third kappa shape index (κ3) is 4.28. The number of fused-ring (bicyclic) bond motifs is 1. The molecule has 0 spiro atoms. The molecule has 22 heavy (non-hydrogen) atoms. The molecule has 0 aromatic carbocycles. The van der Waals surface area contributed by atoms with E-state index in [9.17, 15) is 0 Å². The Morgan fingerprint density at radius 1 is 1.36 bits per heavy atom. The normalized spacial score (nSPS) is 38.4. The molecule has 2 aliphatic rings. The van der Waals surface area contributed by atoms with Gasteiger partial charge in [-0.2, -0.15) is 0 Å². The molecule has 0 saturated carbocycles. The number of hydrogen-bond donors (Lipinski definition) is 1. The Morgan fingerprint density at radius 2 is 2.05 bits per heavy atom. The summed E-state index contributed by atoms with van der Waals surface area (Å²) in [7, 11) is 0. The molecule has 128 valence electrons. The van der Waals surface area contributed by atoms with E-state index >= 15 is 0 Å². The summed E-state index contributed by atoms with van der Waals surface area (Å²) in [6.07, 6.45) is 0.201. The second-order valence-corrected chi connectivity index (χ2v) is 7.23. The van der Waals surface area contributed by atoms with E-state index in [2.05, 4.69) is 6.58 Å². The van der Waals surface area contributed by atoms with Crippen LogP contribution in [0.15, 0.2) is 12.7 Å². The second-order valence-electron chi connectivity index (χ2n) is 7.23. The van der Waals surface area contributed by atoms with Gasteiger partial charge in [-0.05, 0) is 34.6 Å². The minimum Gasteiger partial charge on any atom is -0.368 e. The molecule has 2 N–H and O–H groups in total. The van der Waals surface area contributed by atoms with Crippen LogP contribution in [0.25, 0.3) is 0 Å². The second kappa shape index (κ2) is 6.55. The maximum atomic E-state index is 6.34. The number of rotatable bonds is 4. The summed E-state index contributed by atoms with van der Waals surface area (Å²) in [5.74, 6) is -0.682. The largest absolute Gasteiger partial charge is 0.368 e. The van der Waals surface area contributed by atoms with Crippen LogP contribution < -0.4 is 5.73 Å². The van der Waals surface area contributed by atoms with Gasteiger partial charge in [0.25, 0.3) is 0 Å². The van der Waals surface area contributed by atoms with Gasteiger partial charge in [-0.25, -0.2) is 0 Å². The van der Waals surface area contributed by atoms with Crippen LogP contribution in [-0.4, -0.2) is 55.2 Å². The van der Waals surface area contributed by atoms with Crippen molar-refractivity contribution in [3.63, 3.8) is 0 Å². The molecule has 2 aliphatic heterocycles.